The van der Waals surface area contributed by atoms with Crippen LogP contribution in [-0.4, -0.2) is 37.4 Å². The van der Waals surface area contributed by atoms with Gasteiger partial charge < -0.3 is 23.9 Å². The molecule has 0 atom stereocenters. The molecule has 0 aliphatic rings. The number of hydrogen-bond donors (Lipinski definition) is 1. The SMILES string of the molecule is COc1cc2nc(-c3ccc(OC)c(OC(C)C)c3)[nH]c2cc1OC. The molecule has 0 saturated heterocycles. The number of hydrogen-bond acceptors (Lipinski definition) is 5. The number of nitrogens with one attached hydrogen (secondary N) is 1. The highest BCUT2D eigenvalue weighted by molar-refractivity contribution is 5.83. The maximum Gasteiger partial charge on any atom is 0.163 e. The van der Waals surface area contributed by atoms with Crippen LogP contribution in [0.1, 0.15) is 13.8 Å². The van der Waals surface area contributed by atoms with E-state index in [9.17, 15) is 0 Å². The van der Waals surface area contributed by atoms with Gasteiger partial charge in [0.2, 0.25) is 0 Å². The van der Waals surface area contributed by atoms with Crippen molar-refractivity contribution in [2.24, 2.45) is 0 Å². The van der Waals surface area contributed by atoms with Crippen LogP contribution < -0.4 is 18.9 Å². The molecule has 25 heavy (non-hydrogen) atoms. The van der Waals surface area contributed by atoms with Gasteiger partial charge in [-0.3, -0.25) is 0 Å². The third kappa shape index (κ3) is 3.33. The van der Waals surface area contributed by atoms with Crippen molar-refractivity contribution in [2.45, 2.75) is 20.0 Å². The van der Waals surface area contributed by atoms with Gasteiger partial charge in [0.25, 0.3) is 0 Å². The lowest BCUT2D eigenvalue weighted by Gasteiger charge is -2.14. The first-order valence-corrected chi connectivity index (χ1v) is 8.02. The average Bonchev–Trinajstić information content (AvgIpc) is 3.02. The third-order valence-corrected chi connectivity index (χ3v) is 3.79. The van der Waals surface area contributed by atoms with Crippen LogP contribution in [0.2, 0.25) is 0 Å². The van der Waals surface area contributed by atoms with Crippen LogP contribution in [0.5, 0.6) is 23.0 Å². The predicted molar refractivity (Wildman–Crippen MR) is 96.9 cm³/mol. The minimum absolute atomic E-state index is 0.0494. The molecule has 0 unspecified atom stereocenters. The molecule has 1 N–H and O–H groups in total. The minimum atomic E-state index is 0.0494. The van der Waals surface area contributed by atoms with E-state index in [4.69, 9.17) is 18.9 Å². The van der Waals surface area contributed by atoms with Crippen molar-refractivity contribution in [2.75, 3.05) is 21.3 Å². The van der Waals surface area contributed by atoms with E-state index >= 15 is 0 Å². The fraction of sp³-hybridized carbons (Fsp3) is 0.316. The highest BCUT2D eigenvalue weighted by Gasteiger charge is 2.14. The number of methoxy groups -OCH3 is 3. The van der Waals surface area contributed by atoms with Gasteiger partial charge in [0.05, 0.1) is 38.5 Å². The number of nitrogens with zero attached hydrogens (tertiary/aromatic N) is 1. The summed E-state index contributed by atoms with van der Waals surface area (Å²) in [6.07, 6.45) is 0.0494. The molecule has 0 spiro atoms. The van der Waals surface area contributed by atoms with Crippen molar-refractivity contribution in [3.8, 4) is 34.4 Å². The van der Waals surface area contributed by atoms with Gasteiger partial charge in [-0.05, 0) is 32.0 Å². The van der Waals surface area contributed by atoms with Gasteiger partial charge in [-0.15, -0.1) is 0 Å². The Morgan fingerprint density at radius 2 is 1.52 bits per heavy atom. The summed E-state index contributed by atoms with van der Waals surface area (Å²) in [5.74, 6) is 3.42. The number of fused-ring (bicyclic) bond motifs is 1. The molecule has 0 aliphatic heterocycles. The molecule has 0 aliphatic carbocycles. The van der Waals surface area contributed by atoms with Crippen molar-refractivity contribution in [3.05, 3.63) is 30.3 Å². The van der Waals surface area contributed by atoms with Crippen molar-refractivity contribution >= 4 is 11.0 Å². The summed E-state index contributed by atoms with van der Waals surface area (Å²) in [5.41, 5.74) is 2.58. The van der Waals surface area contributed by atoms with Gasteiger partial charge in [-0.1, -0.05) is 0 Å². The number of benzene rings is 2. The average molecular weight is 342 g/mol. The van der Waals surface area contributed by atoms with Crippen molar-refractivity contribution in [3.63, 3.8) is 0 Å². The fourth-order valence-corrected chi connectivity index (χ4v) is 2.64. The maximum absolute atomic E-state index is 5.84. The Morgan fingerprint density at radius 3 is 2.16 bits per heavy atom. The molecule has 0 bridgehead atoms. The summed E-state index contributed by atoms with van der Waals surface area (Å²) in [6.45, 7) is 3.96. The van der Waals surface area contributed by atoms with E-state index in [2.05, 4.69) is 9.97 Å². The van der Waals surface area contributed by atoms with E-state index in [-0.39, 0.29) is 6.10 Å². The number of rotatable bonds is 6. The first kappa shape index (κ1) is 17.0. The topological polar surface area (TPSA) is 65.6 Å². The van der Waals surface area contributed by atoms with E-state index in [1.165, 1.54) is 0 Å². The van der Waals surface area contributed by atoms with Gasteiger partial charge >= 0.3 is 0 Å². The predicted octanol–water partition coefficient (Wildman–Crippen LogP) is 4.04. The van der Waals surface area contributed by atoms with E-state index < -0.39 is 0 Å². The van der Waals surface area contributed by atoms with E-state index in [1.807, 2.05) is 44.2 Å². The Balaban J connectivity index is 2.06. The van der Waals surface area contributed by atoms with Crippen LogP contribution in [0.4, 0.5) is 0 Å². The molecule has 3 rings (SSSR count). The zero-order chi connectivity index (χ0) is 18.0. The standard InChI is InChI=1S/C19H22N2O4/c1-11(2)25-18-8-12(6-7-15(18)22-3)19-20-13-9-16(23-4)17(24-5)10-14(13)21-19/h6-11H,1-5H3,(H,20,21). The van der Waals surface area contributed by atoms with Crippen LogP contribution in [0.3, 0.4) is 0 Å². The Hall–Kier alpha value is -2.89. The smallest absolute Gasteiger partial charge is 0.163 e. The second-order valence-corrected chi connectivity index (χ2v) is 5.84. The summed E-state index contributed by atoms with van der Waals surface area (Å²) in [4.78, 5) is 7.97. The second-order valence-electron chi connectivity index (χ2n) is 5.84. The molecular formula is C19H22N2O4. The lowest BCUT2D eigenvalue weighted by atomic mass is 10.2. The molecule has 3 aromatic rings. The molecule has 1 heterocycles. The first-order chi connectivity index (χ1) is 12.0. The Morgan fingerprint density at radius 1 is 0.840 bits per heavy atom. The molecule has 0 amide bonds. The Kier molecular flexibility index (Phi) is 4.70. The highest BCUT2D eigenvalue weighted by atomic mass is 16.5. The van der Waals surface area contributed by atoms with Crippen molar-refractivity contribution in [1.29, 1.82) is 0 Å². The first-order valence-electron chi connectivity index (χ1n) is 8.02. The number of aromatic amines is 1. The van der Waals surface area contributed by atoms with E-state index in [0.717, 1.165) is 22.4 Å². The molecule has 6 heteroatoms. The Bertz CT molecular complexity index is 846. The fourth-order valence-electron chi connectivity index (χ4n) is 2.64. The summed E-state index contributed by atoms with van der Waals surface area (Å²) >= 11 is 0. The zero-order valence-electron chi connectivity index (χ0n) is 15.0. The van der Waals surface area contributed by atoms with Gasteiger partial charge in [0, 0.05) is 17.7 Å². The Labute approximate surface area is 146 Å². The second kappa shape index (κ2) is 6.93. The molecule has 0 fully saturated rings. The molecule has 0 saturated carbocycles. The quantitative estimate of drug-likeness (QED) is 0.732. The van der Waals surface area contributed by atoms with Crippen LogP contribution in [-0.2, 0) is 0 Å². The van der Waals surface area contributed by atoms with Crippen LogP contribution in [0.25, 0.3) is 22.4 Å². The summed E-state index contributed by atoms with van der Waals surface area (Å²) < 4.78 is 21.9. The zero-order valence-corrected chi connectivity index (χ0v) is 15.0. The molecule has 132 valence electrons. The lowest BCUT2D eigenvalue weighted by Crippen LogP contribution is -2.06. The largest absolute Gasteiger partial charge is 0.493 e. The lowest BCUT2D eigenvalue weighted by molar-refractivity contribution is 0.230. The number of ether oxygens (including phenoxy) is 4. The number of aromatic nitrogens is 2. The monoisotopic (exact) mass is 342 g/mol. The highest BCUT2D eigenvalue weighted by Crippen LogP contribution is 2.35. The summed E-state index contributed by atoms with van der Waals surface area (Å²) in [5, 5.41) is 0. The number of H-pyrrole nitrogens is 1. The summed E-state index contributed by atoms with van der Waals surface area (Å²) in [7, 11) is 4.85. The number of imidazole rings is 1. The van der Waals surface area contributed by atoms with Crippen LogP contribution in [0, 0.1) is 0 Å². The molecule has 0 radical (unpaired) electrons. The molecular weight excluding hydrogens is 320 g/mol. The summed E-state index contributed by atoms with van der Waals surface area (Å²) in [6, 6.07) is 9.47. The van der Waals surface area contributed by atoms with Gasteiger partial charge in [-0.25, -0.2) is 4.98 Å². The van der Waals surface area contributed by atoms with E-state index in [0.29, 0.717) is 23.0 Å². The van der Waals surface area contributed by atoms with Crippen LogP contribution in [0.15, 0.2) is 30.3 Å². The van der Waals surface area contributed by atoms with Gasteiger partial charge in [0.15, 0.2) is 23.0 Å². The van der Waals surface area contributed by atoms with Gasteiger partial charge in [0.1, 0.15) is 5.82 Å². The molecule has 1 aromatic heterocycles. The van der Waals surface area contributed by atoms with Crippen molar-refractivity contribution < 1.29 is 18.9 Å². The molecule has 6 nitrogen and oxygen atoms in total. The van der Waals surface area contributed by atoms with E-state index in [1.54, 1.807) is 21.3 Å². The normalized spacial score (nSPS) is 11.0. The molecule has 2 aromatic carbocycles. The van der Waals surface area contributed by atoms with Crippen molar-refractivity contribution in [1.82, 2.24) is 9.97 Å². The minimum Gasteiger partial charge on any atom is -0.493 e. The maximum atomic E-state index is 5.84. The third-order valence-electron chi connectivity index (χ3n) is 3.79. The van der Waals surface area contributed by atoms with Gasteiger partial charge in [-0.2, -0.15) is 0 Å². The van der Waals surface area contributed by atoms with Crippen LogP contribution >= 0.6 is 0 Å².